The van der Waals surface area contributed by atoms with Crippen molar-refractivity contribution < 1.29 is 9.53 Å². The molecule has 0 bridgehead atoms. The van der Waals surface area contributed by atoms with E-state index in [1.807, 2.05) is 4.90 Å². The summed E-state index contributed by atoms with van der Waals surface area (Å²) in [5.41, 5.74) is 0.858. The third-order valence-corrected chi connectivity index (χ3v) is 4.30. The molecular weight excluding hydrogens is 262 g/mol. The molecule has 19 heavy (non-hydrogen) atoms. The van der Waals surface area contributed by atoms with Gasteiger partial charge >= 0.3 is 0 Å². The van der Waals surface area contributed by atoms with Gasteiger partial charge < -0.3 is 9.64 Å². The molecule has 2 rings (SSSR count). The fourth-order valence-corrected chi connectivity index (χ4v) is 3.13. The number of hydrogen-bond donors (Lipinski definition) is 0. The second-order valence-corrected chi connectivity index (χ2v) is 5.74. The number of aryl methyl sites for hydroxylation is 1. The summed E-state index contributed by atoms with van der Waals surface area (Å²) in [5.74, 6) is 0.693. The molecule has 0 saturated carbocycles. The molecule has 0 unspecified atom stereocenters. The zero-order valence-corrected chi connectivity index (χ0v) is 12.4. The predicted octanol–water partition coefficient (Wildman–Crippen LogP) is 1.99. The Balaban J connectivity index is 1.95. The lowest BCUT2D eigenvalue weighted by Crippen LogP contribution is -2.39. The average molecular weight is 283 g/mol. The number of aromatic nitrogens is 2. The maximum Gasteiger partial charge on any atom is 0.267 e. The fourth-order valence-electron chi connectivity index (χ4n) is 2.45. The maximum atomic E-state index is 12.4. The number of rotatable bonds is 5. The fraction of sp³-hybridized carbons (Fsp3) is 0.769. The SMILES string of the molecule is CCCc1nnsc1C(=O)N1CCC(COC)CC1. The van der Waals surface area contributed by atoms with Crippen molar-refractivity contribution in [2.75, 3.05) is 26.8 Å². The Morgan fingerprint density at radius 1 is 1.47 bits per heavy atom. The molecule has 1 aromatic heterocycles. The molecule has 1 fully saturated rings. The number of carbonyl (C=O) groups is 1. The lowest BCUT2D eigenvalue weighted by molar-refractivity contribution is 0.0617. The van der Waals surface area contributed by atoms with Crippen LogP contribution in [0.4, 0.5) is 0 Å². The highest BCUT2D eigenvalue weighted by Crippen LogP contribution is 2.21. The standard InChI is InChI=1S/C13H21N3O2S/c1-3-4-11-12(19-15-14-11)13(17)16-7-5-10(6-8-16)9-18-2/h10H,3-9H2,1-2H3. The van der Waals surface area contributed by atoms with E-state index in [0.717, 1.165) is 56.0 Å². The number of nitrogens with zero attached hydrogens (tertiary/aromatic N) is 3. The molecule has 1 aromatic rings. The summed E-state index contributed by atoms with van der Waals surface area (Å²) in [6.45, 7) is 4.52. The molecule has 0 atom stereocenters. The van der Waals surface area contributed by atoms with Crippen molar-refractivity contribution >= 4 is 17.4 Å². The number of carbonyl (C=O) groups excluding carboxylic acids is 1. The third-order valence-electron chi connectivity index (χ3n) is 3.54. The summed E-state index contributed by atoms with van der Waals surface area (Å²) in [6, 6.07) is 0. The molecule has 0 aliphatic carbocycles. The minimum absolute atomic E-state index is 0.106. The van der Waals surface area contributed by atoms with E-state index in [4.69, 9.17) is 4.74 Å². The van der Waals surface area contributed by atoms with Gasteiger partial charge in [-0.05, 0) is 36.7 Å². The smallest absolute Gasteiger partial charge is 0.267 e. The first-order valence-electron chi connectivity index (χ1n) is 6.85. The summed E-state index contributed by atoms with van der Waals surface area (Å²) >= 11 is 1.23. The van der Waals surface area contributed by atoms with Crippen LogP contribution in [0.3, 0.4) is 0 Å². The lowest BCUT2D eigenvalue weighted by Gasteiger charge is -2.31. The van der Waals surface area contributed by atoms with E-state index < -0.39 is 0 Å². The van der Waals surface area contributed by atoms with Gasteiger partial charge in [0.2, 0.25) is 0 Å². The first kappa shape index (κ1) is 14.4. The molecule has 2 heterocycles. The van der Waals surface area contributed by atoms with E-state index in [1.165, 1.54) is 11.5 Å². The molecule has 1 saturated heterocycles. The van der Waals surface area contributed by atoms with Gasteiger partial charge in [-0.25, -0.2) is 0 Å². The first-order valence-corrected chi connectivity index (χ1v) is 7.63. The minimum Gasteiger partial charge on any atom is -0.384 e. The Kier molecular flexibility index (Phi) is 5.27. The van der Waals surface area contributed by atoms with Crippen molar-refractivity contribution in [1.82, 2.24) is 14.5 Å². The van der Waals surface area contributed by atoms with Crippen LogP contribution < -0.4 is 0 Å². The number of ether oxygens (including phenoxy) is 1. The van der Waals surface area contributed by atoms with Gasteiger partial charge in [-0.15, -0.1) is 5.10 Å². The molecule has 0 radical (unpaired) electrons. The zero-order chi connectivity index (χ0) is 13.7. The van der Waals surface area contributed by atoms with E-state index in [-0.39, 0.29) is 5.91 Å². The largest absolute Gasteiger partial charge is 0.384 e. The third kappa shape index (κ3) is 3.51. The molecule has 6 heteroatoms. The van der Waals surface area contributed by atoms with Gasteiger partial charge in [-0.1, -0.05) is 17.8 Å². The van der Waals surface area contributed by atoms with Crippen molar-refractivity contribution in [3.05, 3.63) is 10.6 Å². The first-order chi connectivity index (χ1) is 9.26. The Morgan fingerprint density at radius 2 is 2.21 bits per heavy atom. The molecule has 106 valence electrons. The van der Waals surface area contributed by atoms with Crippen LogP contribution in [0, 0.1) is 5.92 Å². The molecule has 5 nitrogen and oxygen atoms in total. The monoisotopic (exact) mass is 283 g/mol. The summed E-state index contributed by atoms with van der Waals surface area (Å²) < 4.78 is 9.10. The predicted molar refractivity (Wildman–Crippen MR) is 74.4 cm³/mol. The van der Waals surface area contributed by atoms with Crippen LogP contribution in [0.25, 0.3) is 0 Å². The number of piperidine rings is 1. The summed E-state index contributed by atoms with van der Waals surface area (Å²) in [7, 11) is 1.73. The second kappa shape index (κ2) is 6.96. The van der Waals surface area contributed by atoms with Crippen LogP contribution in [0.15, 0.2) is 0 Å². The molecule has 1 aliphatic heterocycles. The van der Waals surface area contributed by atoms with Crippen LogP contribution in [-0.2, 0) is 11.2 Å². The summed E-state index contributed by atoms with van der Waals surface area (Å²) in [4.78, 5) is 15.1. The van der Waals surface area contributed by atoms with Gasteiger partial charge in [-0.3, -0.25) is 4.79 Å². The molecule has 1 aliphatic rings. The van der Waals surface area contributed by atoms with Crippen molar-refractivity contribution in [3.8, 4) is 0 Å². The summed E-state index contributed by atoms with van der Waals surface area (Å²) in [5, 5.41) is 4.07. The van der Waals surface area contributed by atoms with E-state index in [9.17, 15) is 4.79 Å². The Labute approximate surface area is 118 Å². The Bertz CT molecular complexity index is 414. The van der Waals surface area contributed by atoms with Crippen molar-refractivity contribution in [3.63, 3.8) is 0 Å². The van der Waals surface area contributed by atoms with Crippen LogP contribution >= 0.6 is 11.5 Å². The number of hydrogen-bond acceptors (Lipinski definition) is 5. The highest BCUT2D eigenvalue weighted by atomic mass is 32.1. The van der Waals surface area contributed by atoms with Crippen molar-refractivity contribution in [2.24, 2.45) is 5.92 Å². The van der Waals surface area contributed by atoms with Crippen molar-refractivity contribution in [2.45, 2.75) is 32.6 Å². The van der Waals surface area contributed by atoms with Crippen LogP contribution in [0.5, 0.6) is 0 Å². The number of likely N-dealkylation sites (tertiary alicyclic amines) is 1. The molecule has 0 spiro atoms. The Morgan fingerprint density at radius 3 is 2.84 bits per heavy atom. The zero-order valence-electron chi connectivity index (χ0n) is 11.6. The molecule has 0 N–H and O–H groups in total. The van der Waals surface area contributed by atoms with E-state index >= 15 is 0 Å². The molecule has 1 amide bonds. The van der Waals surface area contributed by atoms with E-state index in [2.05, 4.69) is 16.5 Å². The van der Waals surface area contributed by atoms with Gasteiger partial charge in [0.05, 0.1) is 5.69 Å². The highest BCUT2D eigenvalue weighted by molar-refractivity contribution is 7.08. The Hall–Kier alpha value is -1.01. The van der Waals surface area contributed by atoms with E-state index in [1.54, 1.807) is 7.11 Å². The average Bonchev–Trinajstić information content (AvgIpc) is 2.88. The van der Waals surface area contributed by atoms with Gasteiger partial charge in [0.25, 0.3) is 5.91 Å². The molecule has 0 aromatic carbocycles. The number of methoxy groups -OCH3 is 1. The summed E-state index contributed by atoms with van der Waals surface area (Å²) in [6.07, 6.45) is 3.86. The van der Waals surface area contributed by atoms with Crippen LogP contribution in [0.2, 0.25) is 0 Å². The number of amides is 1. The van der Waals surface area contributed by atoms with Gasteiger partial charge in [0, 0.05) is 26.8 Å². The normalized spacial score (nSPS) is 16.8. The van der Waals surface area contributed by atoms with Crippen LogP contribution in [0.1, 0.15) is 41.6 Å². The van der Waals surface area contributed by atoms with E-state index in [0.29, 0.717) is 5.92 Å². The van der Waals surface area contributed by atoms with Crippen LogP contribution in [-0.4, -0.2) is 47.2 Å². The highest BCUT2D eigenvalue weighted by Gasteiger charge is 2.26. The maximum absolute atomic E-state index is 12.4. The van der Waals surface area contributed by atoms with Gasteiger partial charge in [0.1, 0.15) is 4.88 Å². The minimum atomic E-state index is 0.106. The van der Waals surface area contributed by atoms with Gasteiger partial charge in [-0.2, -0.15) is 0 Å². The topological polar surface area (TPSA) is 55.3 Å². The molecular formula is C13H21N3O2S. The van der Waals surface area contributed by atoms with Crippen molar-refractivity contribution in [1.29, 1.82) is 0 Å². The lowest BCUT2D eigenvalue weighted by atomic mass is 9.97. The second-order valence-electron chi connectivity index (χ2n) is 4.99. The quantitative estimate of drug-likeness (QED) is 0.829. The van der Waals surface area contributed by atoms with Gasteiger partial charge in [0.15, 0.2) is 0 Å².